The number of aliphatic hydroxyl groups is 1. The second-order valence-electron chi connectivity index (χ2n) is 4.07. The van der Waals surface area contributed by atoms with Crippen LogP contribution in [0, 0.1) is 0 Å². The van der Waals surface area contributed by atoms with Gasteiger partial charge in [0.2, 0.25) is 0 Å². The van der Waals surface area contributed by atoms with Gasteiger partial charge in [-0.05, 0) is 35.0 Å². The van der Waals surface area contributed by atoms with E-state index in [1.807, 2.05) is 0 Å². The van der Waals surface area contributed by atoms with E-state index in [1.54, 1.807) is 24.3 Å². The number of hydrogen-bond donors (Lipinski definition) is 1. The second kappa shape index (κ2) is 7.81. The van der Waals surface area contributed by atoms with Gasteiger partial charge in [-0.15, -0.1) is 0 Å². The van der Waals surface area contributed by atoms with E-state index in [2.05, 4.69) is 22.5 Å². The van der Waals surface area contributed by atoms with Crippen molar-refractivity contribution in [2.45, 2.75) is 13.0 Å². The minimum atomic E-state index is -0.919. The Bertz CT molecular complexity index is 512. The zero-order valence-corrected chi connectivity index (χ0v) is 12.6. The average molecular weight is 343 g/mol. The highest BCUT2D eigenvalue weighted by atomic mass is 79.9. The summed E-state index contributed by atoms with van der Waals surface area (Å²) < 4.78 is 10.5. The molecule has 1 aromatic carbocycles. The van der Waals surface area contributed by atoms with Gasteiger partial charge in [0, 0.05) is 10.0 Å². The number of halogens is 1. The predicted octanol–water partition coefficient (Wildman–Crippen LogP) is 2.09. The first-order chi connectivity index (χ1) is 9.45. The quantitative estimate of drug-likeness (QED) is 0.633. The van der Waals surface area contributed by atoms with Gasteiger partial charge in [-0.3, -0.25) is 0 Å². The van der Waals surface area contributed by atoms with Crippen LogP contribution in [0.5, 0.6) is 0 Å². The second-order valence-corrected chi connectivity index (χ2v) is 4.92. The lowest BCUT2D eigenvalue weighted by molar-refractivity contribution is -0.142. The third-order valence-electron chi connectivity index (χ3n) is 2.32. The van der Waals surface area contributed by atoms with Gasteiger partial charge in [0.05, 0.1) is 12.2 Å². The Labute approximate surface area is 125 Å². The summed E-state index contributed by atoms with van der Waals surface area (Å²) in [5, 5.41) is 9.14. The third-order valence-corrected chi connectivity index (χ3v) is 3.01. The Morgan fingerprint density at radius 3 is 2.60 bits per heavy atom. The van der Waals surface area contributed by atoms with Crippen LogP contribution >= 0.6 is 15.9 Å². The van der Waals surface area contributed by atoms with Gasteiger partial charge in [-0.25, -0.2) is 9.59 Å². The molecule has 0 amide bonds. The summed E-state index contributed by atoms with van der Waals surface area (Å²) in [5.41, 5.74) is 0.566. The Kier molecular flexibility index (Phi) is 6.41. The number of rotatable bonds is 6. The largest absolute Gasteiger partial charge is 0.458 e. The molecule has 0 spiro atoms. The molecule has 0 aliphatic heterocycles. The molecule has 0 saturated carbocycles. The van der Waals surface area contributed by atoms with E-state index in [4.69, 9.17) is 14.6 Å². The highest BCUT2D eigenvalue weighted by molar-refractivity contribution is 9.10. The van der Waals surface area contributed by atoms with Crippen LogP contribution in [-0.4, -0.2) is 36.4 Å². The number of benzene rings is 1. The molecule has 1 rings (SSSR count). The summed E-state index contributed by atoms with van der Waals surface area (Å²) in [6.07, 6.45) is -0.919. The molecule has 0 saturated heterocycles. The fourth-order valence-corrected chi connectivity index (χ4v) is 1.70. The Balaban J connectivity index is 2.60. The van der Waals surface area contributed by atoms with Crippen LogP contribution in [0.15, 0.2) is 40.9 Å². The van der Waals surface area contributed by atoms with E-state index in [9.17, 15) is 9.59 Å². The Morgan fingerprint density at radius 2 is 2.05 bits per heavy atom. The monoisotopic (exact) mass is 342 g/mol. The third kappa shape index (κ3) is 4.79. The molecule has 5 nitrogen and oxygen atoms in total. The van der Waals surface area contributed by atoms with Gasteiger partial charge in [0.15, 0.2) is 6.10 Å². The first-order valence-electron chi connectivity index (χ1n) is 5.84. The molecule has 0 aliphatic rings. The van der Waals surface area contributed by atoms with Crippen LogP contribution in [0.3, 0.4) is 0 Å². The van der Waals surface area contributed by atoms with Gasteiger partial charge < -0.3 is 14.6 Å². The summed E-state index contributed by atoms with van der Waals surface area (Å²) in [5.74, 6) is -1.21. The topological polar surface area (TPSA) is 72.8 Å². The lowest BCUT2D eigenvalue weighted by Crippen LogP contribution is -2.28. The number of carbonyl (C=O) groups is 2. The van der Waals surface area contributed by atoms with Crippen LogP contribution < -0.4 is 0 Å². The Hall–Kier alpha value is -1.66. The highest BCUT2D eigenvalue weighted by Gasteiger charge is 2.19. The van der Waals surface area contributed by atoms with Crippen molar-refractivity contribution in [3.05, 3.63) is 46.5 Å². The van der Waals surface area contributed by atoms with Crippen molar-refractivity contribution in [2.24, 2.45) is 0 Å². The molecule has 1 N–H and O–H groups in total. The molecule has 108 valence electrons. The smallest absolute Gasteiger partial charge is 0.339 e. The van der Waals surface area contributed by atoms with Crippen LogP contribution in [0.1, 0.15) is 17.3 Å². The fourth-order valence-electron chi connectivity index (χ4n) is 1.26. The first-order valence-corrected chi connectivity index (χ1v) is 6.64. The molecule has 1 unspecified atom stereocenters. The average Bonchev–Trinajstić information content (AvgIpc) is 2.43. The predicted molar refractivity (Wildman–Crippen MR) is 76.2 cm³/mol. The SMILES string of the molecule is C=C(C)C(=O)OCC(CO)OC(=O)c1ccccc1Br. The van der Waals surface area contributed by atoms with Crippen molar-refractivity contribution in [1.29, 1.82) is 0 Å². The standard InChI is InChI=1S/C14H15BrO5/c1-9(2)13(17)19-8-10(7-16)20-14(18)11-5-3-4-6-12(11)15/h3-6,10,16H,1,7-8H2,2H3. The molecule has 20 heavy (non-hydrogen) atoms. The Morgan fingerprint density at radius 1 is 1.40 bits per heavy atom. The lowest BCUT2D eigenvalue weighted by Gasteiger charge is -2.16. The minimum absolute atomic E-state index is 0.224. The van der Waals surface area contributed by atoms with Crippen LogP contribution in [0.2, 0.25) is 0 Å². The molecule has 0 aliphatic carbocycles. The summed E-state index contributed by atoms with van der Waals surface area (Å²) in [6.45, 7) is 4.26. The first kappa shape index (κ1) is 16.4. The van der Waals surface area contributed by atoms with E-state index in [0.29, 0.717) is 10.0 Å². The highest BCUT2D eigenvalue weighted by Crippen LogP contribution is 2.17. The molecule has 0 radical (unpaired) electrons. The molecule has 0 bridgehead atoms. The number of ether oxygens (including phenoxy) is 2. The van der Waals surface area contributed by atoms with Crippen molar-refractivity contribution in [3.8, 4) is 0 Å². The maximum Gasteiger partial charge on any atom is 0.339 e. The normalized spacial score (nSPS) is 11.6. The summed E-state index contributed by atoms with van der Waals surface area (Å²) in [6, 6.07) is 6.74. The number of hydrogen-bond acceptors (Lipinski definition) is 5. The van der Waals surface area contributed by atoms with Crippen LogP contribution in [-0.2, 0) is 14.3 Å². The van der Waals surface area contributed by atoms with Gasteiger partial charge in [0.1, 0.15) is 6.61 Å². The van der Waals surface area contributed by atoms with E-state index >= 15 is 0 Å². The number of carbonyl (C=O) groups excluding carboxylic acids is 2. The van der Waals surface area contributed by atoms with Crippen molar-refractivity contribution < 1.29 is 24.2 Å². The number of esters is 2. The summed E-state index contributed by atoms with van der Waals surface area (Å²) in [4.78, 5) is 23.1. The van der Waals surface area contributed by atoms with E-state index < -0.39 is 24.6 Å². The molecular weight excluding hydrogens is 328 g/mol. The van der Waals surface area contributed by atoms with Gasteiger partial charge in [-0.1, -0.05) is 18.7 Å². The molecule has 1 atom stereocenters. The molecule has 0 fully saturated rings. The maximum atomic E-state index is 11.9. The summed E-state index contributed by atoms with van der Waals surface area (Å²) >= 11 is 3.23. The molecule has 6 heteroatoms. The molecule has 0 aromatic heterocycles. The van der Waals surface area contributed by atoms with E-state index in [1.165, 1.54) is 6.92 Å². The van der Waals surface area contributed by atoms with Gasteiger partial charge >= 0.3 is 11.9 Å². The van der Waals surface area contributed by atoms with Crippen LogP contribution in [0.4, 0.5) is 0 Å². The zero-order valence-electron chi connectivity index (χ0n) is 11.0. The van der Waals surface area contributed by atoms with Crippen molar-refractivity contribution >= 4 is 27.9 Å². The minimum Gasteiger partial charge on any atom is -0.458 e. The van der Waals surface area contributed by atoms with Crippen molar-refractivity contribution in [3.63, 3.8) is 0 Å². The van der Waals surface area contributed by atoms with Crippen molar-refractivity contribution in [1.82, 2.24) is 0 Å². The van der Waals surface area contributed by atoms with Crippen LogP contribution in [0.25, 0.3) is 0 Å². The van der Waals surface area contributed by atoms with Crippen molar-refractivity contribution in [2.75, 3.05) is 13.2 Å². The molecular formula is C14H15BrO5. The fraction of sp³-hybridized carbons (Fsp3) is 0.286. The lowest BCUT2D eigenvalue weighted by atomic mass is 10.2. The summed E-state index contributed by atoms with van der Waals surface area (Å²) in [7, 11) is 0. The van der Waals surface area contributed by atoms with Gasteiger partial charge in [0.25, 0.3) is 0 Å². The van der Waals surface area contributed by atoms with E-state index in [-0.39, 0.29) is 12.2 Å². The van der Waals surface area contributed by atoms with E-state index in [0.717, 1.165) is 0 Å². The van der Waals surface area contributed by atoms with Gasteiger partial charge in [-0.2, -0.15) is 0 Å². The molecule has 0 heterocycles. The number of aliphatic hydroxyl groups excluding tert-OH is 1. The molecule has 1 aromatic rings. The maximum absolute atomic E-state index is 11.9. The zero-order chi connectivity index (χ0) is 15.1.